The summed E-state index contributed by atoms with van der Waals surface area (Å²) in [6, 6.07) is 0. The van der Waals surface area contributed by atoms with Crippen LogP contribution in [0.25, 0.3) is 0 Å². The first-order chi connectivity index (χ1) is 7.77. The van der Waals surface area contributed by atoms with Crippen molar-refractivity contribution < 1.29 is 9.47 Å². The summed E-state index contributed by atoms with van der Waals surface area (Å²) in [5.74, 6) is 0.579. The molecule has 94 valence electrons. The van der Waals surface area contributed by atoms with Crippen LogP contribution in [0.2, 0.25) is 0 Å². The van der Waals surface area contributed by atoms with Crippen molar-refractivity contribution in [2.24, 2.45) is 11.7 Å². The van der Waals surface area contributed by atoms with Gasteiger partial charge >= 0.3 is 0 Å². The first-order valence-corrected chi connectivity index (χ1v) is 6.38. The standard InChI is InChI=1S/C12H24N2O2/c1-12(10-13,11-3-7-16-9-11)14-4-2-6-15-8-5-14/h11H,2-10,13H2,1H3. The fourth-order valence-electron chi connectivity index (χ4n) is 2.84. The normalized spacial score (nSPS) is 32.2. The van der Waals surface area contributed by atoms with Crippen molar-refractivity contribution in [1.82, 2.24) is 4.90 Å². The van der Waals surface area contributed by atoms with Crippen molar-refractivity contribution >= 4 is 0 Å². The van der Waals surface area contributed by atoms with Gasteiger partial charge in [0.05, 0.1) is 13.2 Å². The van der Waals surface area contributed by atoms with Crippen LogP contribution in [0, 0.1) is 5.92 Å². The minimum absolute atomic E-state index is 0.0875. The van der Waals surface area contributed by atoms with Crippen molar-refractivity contribution in [3.05, 3.63) is 0 Å². The molecule has 2 fully saturated rings. The lowest BCUT2D eigenvalue weighted by molar-refractivity contribution is 0.0415. The van der Waals surface area contributed by atoms with Crippen molar-refractivity contribution in [2.75, 3.05) is 46.1 Å². The van der Waals surface area contributed by atoms with Crippen LogP contribution in [0.15, 0.2) is 0 Å². The largest absolute Gasteiger partial charge is 0.381 e. The minimum atomic E-state index is 0.0875. The van der Waals surface area contributed by atoms with Gasteiger partial charge in [-0.15, -0.1) is 0 Å². The summed E-state index contributed by atoms with van der Waals surface area (Å²) in [6.45, 7) is 8.59. The molecule has 0 spiro atoms. The van der Waals surface area contributed by atoms with Crippen LogP contribution in [0.1, 0.15) is 19.8 Å². The molecule has 0 aromatic heterocycles. The fourth-order valence-corrected chi connectivity index (χ4v) is 2.84. The Morgan fingerprint density at radius 1 is 1.25 bits per heavy atom. The molecular weight excluding hydrogens is 204 g/mol. The summed E-state index contributed by atoms with van der Waals surface area (Å²) in [5.41, 5.74) is 6.12. The second-order valence-electron chi connectivity index (χ2n) is 5.07. The Kier molecular flexibility index (Phi) is 4.19. The number of nitrogens with two attached hydrogens (primary N) is 1. The van der Waals surface area contributed by atoms with Crippen molar-refractivity contribution in [3.63, 3.8) is 0 Å². The number of hydrogen-bond acceptors (Lipinski definition) is 4. The zero-order chi connectivity index (χ0) is 11.4. The first-order valence-electron chi connectivity index (χ1n) is 6.38. The Morgan fingerprint density at radius 3 is 2.81 bits per heavy atom. The summed E-state index contributed by atoms with van der Waals surface area (Å²) in [7, 11) is 0. The van der Waals surface area contributed by atoms with Gasteiger partial charge in [0, 0.05) is 44.3 Å². The van der Waals surface area contributed by atoms with Crippen molar-refractivity contribution in [1.29, 1.82) is 0 Å². The zero-order valence-electron chi connectivity index (χ0n) is 10.3. The monoisotopic (exact) mass is 228 g/mol. The van der Waals surface area contributed by atoms with Gasteiger partial charge in [0.1, 0.15) is 0 Å². The van der Waals surface area contributed by atoms with Crippen LogP contribution >= 0.6 is 0 Å². The highest BCUT2D eigenvalue weighted by molar-refractivity contribution is 4.95. The molecule has 2 aliphatic heterocycles. The molecule has 0 amide bonds. The van der Waals surface area contributed by atoms with Gasteiger partial charge in [-0.1, -0.05) is 0 Å². The molecule has 2 unspecified atom stereocenters. The van der Waals surface area contributed by atoms with Crippen molar-refractivity contribution in [3.8, 4) is 0 Å². The lowest BCUT2D eigenvalue weighted by Crippen LogP contribution is -2.57. The van der Waals surface area contributed by atoms with Gasteiger partial charge in [0.25, 0.3) is 0 Å². The van der Waals surface area contributed by atoms with E-state index in [1.807, 2.05) is 0 Å². The van der Waals surface area contributed by atoms with Gasteiger partial charge in [-0.25, -0.2) is 0 Å². The smallest absolute Gasteiger partial charge is 0.0593 e. The van der Waals surface area contributed by atoms with Crippen LogP contribution in [0.3, 0.4) is 0 Å². The Morgan fingerprint density at radius 2 is 2.12 bits per heavy atom. The number of ether oxygens (including phenoxy) is 2. The van der Waals surface area contributed by atoms with Gasteiger partial charge in [0.15, 0.2) is 0 Å². The van der Waals surface area contributed by atoms with Gasteiger partial charge < -0.3 is 15.2 Å². The molecule has 0 bridgehead atoms. The van der Waals surface area contributed by atoms with Crippen LogP contribution < -0.4 is 5.73 Å². The Hall–Kier alpha value is -0.160. The molecule has 2 saturated heterocycles. The van der Waals surface area contributed by atoms with Crippen molar-refractivity contribution in [2.45, 2.75) is 25.3 Å². The second kappa shape index (κ2) is 5.45. The van der Waals surface area contributed by atoms with E-state index < -0.39 is 0 Å². The molecule has 2 heterocycles. The van der Waals surface area contributed by atoms with Crippen LogP contribution in [-0.4, -0.2) is 56.5 Å². The van der Waals surface area contributed by atoms with E-state index >= 15 is 0 Å². The van der Waals surface area contributed by atoms with E-state index in [4.69, 9.17) is 15.2 Å². The van der Waals surface area contributed by atoms with Crippen LogP contribution in [0.5, 0.6) is 0 Å². The Bertz CT molecular complexity index is 211. The van der Waals surface area contributed by atoms with Gasteiger partial charge in [-0.2, -0.15) is 0 Å². The molecular formula is C12H24N2O2. The summed E-state index contributed by atoms with van der Waals surface area (Å²) >= 11 is 0. The molecule has 0 saturated carbocycles. The van der Waals surface area contributed by atoms with E-state index in [1.165, 1.54) is 0 Å². The topological polar surface area (TPSA) is 47.7 Å². The lowest BCUT2D eigenvalue weighted by Gasteiger charge is -2.43. The van der Waals surface area contributed by atoms with E-state index in [2.05, 4.69) is 11.8 Å². The van der Waals surface area contributed by atoms with E-state index in [9.17, 15) is 0 Å². The molecule has 2 atom stereocenters. The fraction of sp³-hybridized carbons (Fsp3) is 1.00. The molecule has 4 heteroatoms. The summed E-state index contributed by atoms with van der Waals surface area (Å²) < 4.78 is 11.0. The van der Waals surface area contributed by atoms with Crippen LogP contribution in [0.4, 0.5) is 0 Å². The van der Waals surface area contributed by atoms with Gasteiger partial charge in [-0.05, 0) is 19.8 Å². The molecule has 0 aromatic carbocycles. The third-order valence-corrected chi connectivity index (χ3v) is 4.17. The second-order valence-corrected chi connectivity index (χ2v) is 5.07. The molecule has 4 nitrogen and oxygen atoms in total. The first kappa shape index (κ1) is 12.3. The molecule has 0 aromatic rings. The highest BCUT2D eigenvalue weighted by Crippen LogP contribution is 2.31. The highest BCUT2D eigenvalue weighted by Gasteiger charge is 2.40. The number of hydrogen-bond donors (Lipinski definition) is 1. The molecule has 2 N–H and O–H groups in total. The highest BCUT2D eigenvalue weighted by atomic mass is 16.5. The molecule has 2 rings (SSSR count). The van der Waals surface area contributed by atoms with E-state index in [-0.39, 0.29) is 5.54 Å². The zero-order valence-corrected chi connectivity index (χ0v) is 10.3. The third kappa shape index (κ3) is 2.40. The molecule has 0 aliphatic carbocycles. The van der Waals surface area contributed by atoms with Gasteiger partial charge in [0.2, 0.25) is 0 Å². The molecule has 16 heavy (non-hydrogen) atoms. The SMILES string of the molecule is CC(CN)(C1CCOC1)N1CCCOCC1. The lowest BCUT2D eigenvalue weighted by atomic mass is 9.83. The quantitative estimate of drug-likeness (QED) is 0.762. The Labute approximate surface area is 98.1 Å². The third-order valence-electron chi connectivity index (χ3n) is 4.17. The van der Waals surface area contributed by atoms with E-state index in [0.717, 1.165) is 52.4 Å². The predicted octanol–water partition coefficient (Wildman–Crippen LogP) is 0.463. The average molecular weight is 228 g/mol. The average Bonchev–Trinajstić information content (AvgIpc) is 2.71. The maximum Gasteiger partial charge on any atom is 0.0593 e. The van der Waals surface area contributed by atoms with E-state index in [1.54, 1.807) is 0 Å². The minimum Gasteiger partial charge on any atom is -0.381 e. The maximum absolute atomic E-state index is 6.03. The summed E-state index contributed by atoms with van der Waals surface area (Å²) in [6.07, 6.45) is 2.26. The van der Waals surface area contributed by atoms with E-state index in [0.29, 0.717) is 12.5 Å². The number of nitrogens with zero attached hydrogens (tertiary/aromatic N) is 1. The Balaban J connectivity index is 2.05. The molecule has 2 aliphatic rings. The predicted molar refractivity (Wildman–Crippen MR) is 63.4 cm³/mol. The summed E-state index contributed by atoms with van der Waals surface area (Å²) in [4.78, 5) is 2.51. The molecule has 0 radical (unpaired) electrons. The number of rotatable bonds is 3. The summed E-state index contributed by atoms with van der Waals surface area (Å²) in [5, 5.41) is 0. The maximum atomic E-state index is 6.03. The van der Waals surface area contributed by atoms with Gasteiger partial charge in [-0.3, -0.25) is 4.90 Å². The van der Waals surface area contributed by atoms with Crippen LogP contribution in [-0.2, 0) is 9.47 Å².